The van der Waals surface area contributed by atoms with Gasteiger partial charge in [0.15, 0.2) is 12.0 Å². The molecule has 2 rings (SSSR count). The van der Waals surface area contributed by atoms with E-state index in [1.54, 1.807) is 12.3 Å². The number of pyridine rings is 1. The second-order valence-corrected chi connectivity index (χ2v) is 2.84. The summed E-state index contributed by atoms with van der Waals surface area (Å²) in [5.41, 5.74) is 1.22. The van der Waals surface area contributed by atoms with Gasteiger partial charge in [0.1, 0.15) is 5.65 Å². The molecule has 4 heteroatoms. The summed E-state index contributed by atoms with van der Waals surface area (Å²) < 4.78 is 14.5. The highest BCUT2D eigenvalue weighted by molar-refractivity contribution is 5.73. The molecule has 66 valence electrons. The number of fused-ring (bicyclic) bond motifs is 1. The summed E-state index contributed by atoms with van der Waals surface area (Å²) in [6.45, 7) is 1.85. The smallest absolute Gasteiger partial charge is 0.228 e. The summed E-state index contributed by atoms with van der Waals surface area (Å²) in [4.78, 5) is 14.2. The normalized spacial score (nSPS) is 10.6. The third-order valence-electron chi connectivity index (χ3n) is 1.84. The van der Waals surface area contributed by atoms with Gasteiger partial charge in [-0.25, -0.2) is 4.98 Å². The number of halogens is 1. The van der Waals surface area contributed by atoms with E-state index >= 15 is 0 Å². The van der Waals surface area contributed by atoms with E-state index in [9.17, 15) is 9.18 Å². The monoisotopic (exact) mass is 178 g/mol. The molecule has 2 aromatic heterocycles. The standard InChI is InChI=1S/C9H7FN2O/c1-6-2-3-8-11-7(5-13)9(10)12(8)4-6/h2-5H,1H3. The molecule has 0 radical (unpaired) electrons. The highest BCUT2D eigenvalue weighted by Crippen LogP contribution is 2.10. The highest BCUT2D eigenvalue weighted by Gasteiger charge is 2.09. The minimum atomic E-state index is -0.603. The van der Waals surface area contributed by atoms with Crippen molar-refractivity contribution in [2.75, 3.05) is 0 Å². The molecule has 0 aliphatic carbocycles. The van der Waals surface area contributed by atoms with E-state index in [1.807, 2.05) is 13.0 Å². The predicted molar refractivity (Wildman–Crippen MR) is 45.3 cm³/mol. The van der Waals surface area contributed by atoms with E-state index in [2.05, 4.69) is 4.98 Å². The molecule has 2 aromatic rings. The van der Waals surface area contributed by atoms with Crippen LogP contribution in [0, 0.1) is 12.9 Å². The Balaban J connectivity index is 2.84. The first-order chi connectivity index (χ1) is 6.22. The molecule has 0 atom stereocenters. The first-order valence-corrected chi connectivity index (χ1v) is 3.82. The minimum absolute atomic E-state index is 0.148. The molecule has 0 saturated carbocycles. The Morgan fingerprint density at radius 2 is 2.31 bits per heavy atom. The van der Waals surface area contributed by atoms with E-state index in [4.69, 9.17) is 0 Å². The molecule has 0 saturated heterocycles. The number of carbonyl (C=O) groups excluding carboxylic acids is 1. The number of aryl methyl sites for hydroxylation is 1. The lowest BCUT2D eigenvalue weighted by molar-refractivity contribution is 0.111. The summed E-state index contributed by atoms with van der Waals surface area (Å²) in [5, 5.41) is 0. The van der Waals surface area contributed by atoms with Crippen molar-refractivity contribution >= 4 is 11.9 Å². The van der Waals surface area contributed by atoms with Gasteiger partial charge in [0, 0.05) is 6.20 Å². The predicted octanol–water partition coefficient (Wildman–Crippen LogP) is 1.59. The molecule has 2 heterocycles. The molecule has 0 amide bonds. The van der Waals surface area contributed by atoms with Crippen LogP contribution in [0.25, 0.3) is 5.65 Å². The van der Waals surface area contributed by atoms with Gasteiger partial charge in [0.25, 0.3) is 0 Å². The average Bonchev–Trinajstić information content (AvgIpc) is 2.44. The van der Waals surface area contributed by atoms with Crippen molar-refractivity contribution in [3.8, 4) is 0 Å². The highest BCUT2D eigenvalue weighted by atomic mass is 19.1. The van der Waals surface area contributed by atoms with Crippen LogP contribution in [0.4, 0.5) is 4.39 Å². The fourth-order valence-corrected chi connectivity index (χ4v) is 1.22. The van der Waals surface area contributed by atoms with Crippen LogP contribution in [-0.2, 0) is 0 Å². The van der Waals surface area contributed by atoms with Crippen molar-refractivity contribution in [3.63, 3.8) is 0 Å². The maximum atomic E-state index is 13.3. The van der Waals surface area contributed by atoms with Crippen LogP contribution in [0.15, 0.2) is 18.3 Å². The number of hydrogen-bond donors (Lipinski definition) is 0. The van der Waals surface area contributed by atoms with Gasteiger partial charge in [-0.2, -0.15) is 4.39 Å². The number of carbonyl (C=O) groups is 1. The quantitative estimate of drug-likeness (QED) is 0.621. The van der Waals surface area contributed by atoms with Crippen molar-refractivity contribution in [2.45, 2.75) is 6.92 Å². The second-order valence-electron chi connectivity index (χ2n) is 2.84. The molecular formula is C9H7FN2O. The fraction of sp³-hybridized carbons (Fsp3) is 0.111. The van der Waals surface area contributed by atoms with E-state index in [1.165, 1.54) is 4.40 Å². The molecule has 0 spiro atoms. The number of aldehydes is 1. The Kier molecular flexibility index (Phi) is 1.62. The van der Waals surface area contributed by atoms with Gasteiger partial charge in [-0.3, -0.25) is 9.20 Å². The van der Waals surface area contributed by atoms with Crippen LogP contribution in [-0.4, -0.2) is 15.7 Å². The average molecular weight is 178 g/mol. The number of imidazole rings is 1. The van der Waals surface area contributed by atoms with Crippen LogP contribution in [0.1, 0.15) is 16.1 Å². The van der Waals surface area contributed by atoms with Crippen LogP contribution in [0.5, 0.6) is 0 Å². The Morgan fingerprint density at radius 1 is 1.54 bits per heavy atom. The Bertz CT molecular complexity index is 476. The Morgan fingerprint density at radius 3 is 3.00 bits per heavy atom. The molecule has 0 unspecified atom stereocenters. The van der Waals surface area contributed by atoms with E-state index in [0.29, 0.717) is 11.9 Å². The third-order valence-corrected chi connectivity index (χ3v) is 1.84. The second kappa shape index (κ2) is 2.65. The minimum Gasteiger partial charge on any atom is -0.296 e. The zero-order valence-electron chi connectivity index (χ0n) is 6.99. The van der Waals surface area contributed by atoms with Gasteiger partial charge in [0.05, 0.1) is 0 Å². The number of nitrogens with zero attached hydrogens (tertiary/aromatic N) is 2. The molecule has 13 heavy (non-hydrogen) atoms. The zero-order valence-corrected chi connectivity index (χ0v) is 6.99. The van der Waals surface area contributed by atoms with Gasteiger partial charge in [-0.1, -0.05) is 6.07 Å². The van der Waals surface area contributed by atoms with Crippen LogP contribution >= 0.6 is 0 Å². The van der Waals surface area contributed by atoms with Gasteiger partial charge < -0.3 is 0 Å². The number of aromatic nitrogens is 2. The summed E-state index contributed by atoms with van der Waals surface area (Å²) in [6.07, 6.45) is 2.02. The van der Waals surface area contributed by atoms with Gasteiger partial charge in [-0.15, -0.1) is 0 Å². The summed E-state index contributed by atoms with van der Waals surface area (Å²) in [7, 11) is 0. The molecular weight excluding hydrogens is 171 g/mol. The Labute approximate surface area is 73.8 Å². The lowest BCUT2D eigenvalue weighted by atomic mass is 10.3. The van der Waals surface area contributed by atoms with E-state index < -0.39 is 5.95 Å². The van der Waals surface area contributed by atoms with Gasteiger partial charge in [-0.05, 0) is 18.6 Å². The first kappa shape index (κ1) is 7.91. The zero-order chi connectivity index (χ0) is 9.42. The number of hydrogen-bond acceptors (Lipinski definition) is 2. The third kappa shape index (κ3) is 1.11. The van der Waals surface area contributed by atoms with Crippen molar-refractivity contribution in [1.82, 2.24) is 9.38 Å². The van der Waals surface area contributed by atoms with Crippen molar-refractivity contribution in [2.24, 2.45) is 0 Å². The van der Waals surface area contributed by atoms with Crippen molar-refractivity contribution < 1.29 is 9.18 Å². The summed E-state index contributed by atoms with van der Waals surface area (Å²) in [5.74, 6) is -0.603. The topological polar surface area (TPSA) is 34.4 Å². The number of rotatable bonds is 1. The van der Waals surface area contributed by atoms with Crippen LogP contribution < -0.4 is 0 Å². The SMILES string of the molecule is Cc1ccc2nc(C=O)c(F)n2c1. The van der Waals surface area contributed by atoms with Crippen molar-refractivity contribution in [1.29, 1.82) is 0 Å². The molecule has 0 aliphatic rings. The van der Waals surface area contributed by atoms with Crippen LogP contribution in [0.2, 0.25) is 0 Å². The Hall–Kier alpha value is -1.71. The molecule has 0 bridgehead atoms. The molecule has 0 aromatic carbocycles. The maximum absolute atomic E-state index is 13.3. The lowest BCUT2D eigenvalue weighted by Gasteiger charge is -1.94. The van der Waals surface area contributed by atoms with Crippen LogP contribution in [0.3, 0.4) is 0 Å². The summed E-state index contributed by atoms with van der Waals surface area (Å²) in [6, 6.07) is 3.49. The van der Waals surface area contributed by atoms with Gasteiger partial charge in [0.2, 0.25) is 5.95 Å². The fourth-order valence-electron chi connectivity index (χ4n) is 1.22. The summed E-state index contributed by atoms with van der Waals surface area (Å²) >= 11 is 0. The van der Waals surface area contributed by atoms with Crippen molar-refractivity contribution in [3.05, 3.63) is 35.5 Å². The maximum Gasteiger partial charge on any atom is 0.228 e. The lowest BCUT2D eigenvalue weighted by Crippen LogP contribution is -1.90. The van der Waals surface area contributed by atoms with E-state index in [-0.39, 0.29) is 5.69 Å². The first-order valence-electron chi connectivity index (χ1n) is 3.82. The van der Waals surface area contributed by atoms with E-state index in [0.717, 1.165) is 5.56 Å². The molecule has 0 fully saturated rings. The van der Waals surface area contributed by atoms with Gasteiger partial charge >= 0.3 is 0 Å². The largest absolute Gasteiger partial charge is 0.296 e. The molecule has 0 N–H and O–H groups in total. The molecule has 0 aliphatic heterocycles. The molecule has 3 nitrogen and oxygen atoms in total.